The van der Waals surface area contributed by atoms with Crippen molar-refractivity contribution in [3.63, 3.8) is 0 Å². The van der Waals surface area contributed by atoms with Crippen molar-refractivity contribution in [2.24, 2.45) is 0 Å². The van der Waals surface area contributed by atoms with Crippen LogP contribution >= 0.6 is 0 Å². The SMILES string of the molecule is CC1=CC=C[C-](C)C1.[K+]. The molecule has 0 aromatic carbocycles. The first-order chi connectivity index (χ1) is 3.79. The van der Waals surface area contributed by atoms with E-state index >= 15 is 0 Å². The number of rotatable bonds is 0. The first-order valence-corrected chi connectivity index (χ1v) is 2.95. The Morgan fingerprint density at radius 1 is 1.56 bits per heavy atom. The maximum atomic E-state index is 2.16. The molecule has 0 aromatic rings. The molecule has 9 heavy (non-hydrogen) atoms. The van der Waals surface area contributed by atoms with Crippen molar-refractivity contribution in [3.8, 4) is 0 Å². The monoisotopic (exact) mass is 146 g/mol. The number of allylic oxidation sites excluding steroid dienone is 4. The zero-order valence-electron chi connectivity index (χ0n) is 6.44. The predicted octanol–water partition coefficient (Wildman–Crippen LogP) is -0.509. The first kappa shape index (κ1) is 9.99. The summed E-state index contributed by atoms with van der Waals surface area (Å²) in [6, 6.07) is 0. The molecule has 0 spiro atoms. The van der Waals surface area contributed by atoms with Crippen LogP contribution in [0.3, 0.4) is 0 Å². The average molecular weight is 146 g/mol. The van der Waals surface area contributed by atoms with Crippen molar-refractivity contribution in [1.82, 2.24) is 0 Å². The summed E-state index contributed by atoms with van der Waals surface area (Å²) in [7, 11) is 0. The maximum absolute atomic E-state index is 2.16. The summed E-state index contributed by atoms with van der Waals surface area (Å²) in [5, 5.41) is 0. The summed E-state index contributed by atoms with van der Waals surface area (Å²) < 4.78 is 0. The standard InChI is InChI=1S/C8H11.K/c1-7-4-3-5-8(2)6-7;/h3-5H,6H2,1-2H3;/q-1;+1. The van der Waals surface area contributed by atoms with Gasteiger partial charge < -0.3 is 0 Å². The van der Waals surface area contributed by atoms with Crippen molar-refractivity contribution < 1.29 is 51.4 Å². The molecule has 0 unspecified atom stereocenters. The fraction of sp³-hybridized carbons (Fsp3) is 0.375. The van der Waals surface area contributed by atoms with Crippen LogP contribution in [-0.2, 0) is 0 Å². The Kier molecular flexibility index (Phi) is 5.27. The molecule has 0 bridgehead atoms. The summed E-state index contributed by atoms with van der Waals surface area (Å²) in [5.41, 5.74) is 1.46. The van der Waals surface area contributed by atoms with Crippen molar-refractivity contribution in [2.75, 3.05) is 0 Å². The Bertz CT molecular complexity index is 134. The molecule has 0 amide bonds. The van der Waals surface area contributed by atoms with Crippen LogP contribution in [-0.4, -0.2) is 0 Å². The van der Waals surface area contributed by atoms with E-state index in [0.717, 1.165) is 6.42 Å². The molecule has 0 saturated carbocycles. The average Bonchev–Trinajstić information content (AvgIpc) is 1.64. The van der Waals surface area contributed by atoms with Gasteiger partial charge in [-0.15, -0.1) is 18.6 Å². The van der Waals surface area contributed by atoms with Gasteiger partial charge in [-0.3, -0.25) is 0 Å². The third kappa shape index (κ3) is 3.63. The van der Waals surface area contributed by atoms with E-state index < -0.39 is 0 Å². The van der Waals surface area contributed by atoms with Gasteiger partial charge in [0, 0.05) is 0 Å². The molecule has 1 heteroatoms. The molecule has 0 saturated heterocycles. The fourth-order valence-electron chi connectivity index (χ4n) is 0.934. The molecule has 0 heterocycles. The van der Waals surface area contributed by atoms with Gasteiger partial charge in [0.15, 0.2) is 0 Å². The predicted molar refractivity (Wildman–Crippen MR) is 36.4 cm³/mol. The van der Waals surface area contributed by atoms with Crippen LogP contribution in [0.4, 0.5) is 0 Å². The second-order valence-electron chi connectivity index (χ2n) is 2.40. The molecule has 0 aromatic heterocycles. The zero-order chi connectivity index (χ0) is 5.98. The van der Waals surface area contributed by atoms with E-state index in [0.29, 0.717) is 0 Å². The van der Waals surface area contributed by atoms with Crippen LogP contribution in [0.2, 0.25) is 0 Å². The molecule has 1 aliphatic carbocycles. The summed E-state index contributed by atoms with van der Waals surface area (Å²) in [5.74, 6) is 1.46. The minimum Gasteiger partial charge on any atom is -0.225 e. The smallest absolute Gasteiger partial charge is 0.225 e. The normalized spacial score (nSPS) is 16.7. The minimum atomic E-state index is 0. The molecule has 1 rings (SSSR count). The van der Waals surface area contributed by atoms with Crippen molar-refractivity contribution in [3.05, 3.63) is 29.7 Å². The Labute approximate surface area is 99.8 Å². The molecular formula is C8H11K. The van der Waals surface area contributed by atoms with Gasteiger partial charge in [0.25, 0.3) is 0 Å². The molecule has 1 aliphatic rings. The van der Waals surface area contributed by atoms with Crippen molar-refractivity contribution >= 4 is 0 Å². The molecule has 0 aliphatic heterocycles. The van der Waals surface area contributed by atoms with Gasteiger partial charge in [0.05, 0.1) is 0 Å². The van der Waals surface area contributed by atoms with E-state index in [4.69, 9.17) is 0 Å². The first-order valence-electron chi connectivity index (χ1n) is 2.95. The van der Waals surface area contributed by atoms with E-state index in [2.05, 4.69) is 32.1 Å². The third-order valence-corrected chi connectivity index (χ3v) is 1.32. The van der Waals surface area contributed by atoms with Crippen LogP contribution in [0.1, 0.15) is 20.3 Å². The van der Waals surface area contributed by atoms with Gasteiger partial charge >= 0.3 is 51.4 Å². The van der Waals surface area contributed by atoms with E-state index in [9.17, 15) is 0 Å². The Balaban J connectivity index is 0.000000640. The topological polar surface area (TPSA) is 0 Å². The van der Waals surface area contributed by atoms with Crippen LogP contribution in [0, 0.1) is 5.92 Å². The molecule has 0 radical (unpaired) electrons. The van der Waals surface area contributed by atoms with Crippen molar-refractivity contribution in [2.45, 2.75) is 20.3 Å². The van der Waals surface area contributed by atoms with E-state index in [1.54, 1.807) is 0 Å². The third-order valence-electron chi connectivity index (χ3n) is 1.32. The van der Waals surface area contributed by atoms with Crippen molar-refractivity contribution in [1.29, 1.82) is 0 Å². The van der Waals surface area contributed by atoms with E-state index in [-0.39, 0.29) is 51.4 Å². The molecule has 0 N–H and O–H groups in total. The Hall–Kier alpha value is 0.986. The summed E-state index contributed by atoms with van der Waals surface area (Å²) in [4.78, 5) is 0. The summed E-state index contributed by atoms with van der Waals surface area (Å²) >= 11 is 0. The Morgan fingerprint density at radius 3 is 2.56 bits per heavy atom. The number of hydrogen-bond donors (Lipinski definition) is 0. The Morgan fingerprint density at radius 2 is 2.22 bits per heavy atom. The molecule has 0 fully saturated rings. The second-order valence-corrected chi connectivity index (χ2v) is 2.40. The molecular weight excluding hydrogens is 135 g/mol. The van der Waals surface area contributed by atoms with Crippen LogP contribution in [0.25, 0.3) is 0 Å². The van der Waals surface area contributed by atoms with Crippen LogP contribution < -0.4 is 51.4 Å². The van der Waals surface area contributed by atoms with Gasteiger partial charge in [0.2, 0.25) is 0 Å². The van der Waals surface area contributed by atoms with Crippen LogP contribution in [0.15, 0.2) is 23.8 Å². The second kappa shape index (κ2) is 4.75. The number of hydrogen-bond acceptors (Lipinski definition) is 0. The zero-order valence-corrected chi connectivity index (χ0v) is 9.56. The van der Waals surface area contributed by atoms with E-state index in [1.165, 1.54) is 11.5 Å². The fourth-order valence-corrected chi connectivity index (χ4v) is 0.934. The molecule has 44 valence electrons. The molecule has 0 atom stereocenters. The van der Waals surface area contributed by atoms with Crippen LogP contribution in [0.5, 0.6) is 0 Å². The van der Waals surface area contributed by atoms with E-state index in [1.807, 2.05) is 0 Å². The molecule has 0 nitrogen and oxygen atoms in total. The minimum absolute atomic E-state index is 0. The summed E-state index contributed by atoms with van der Waals surface area (Å²) in [6.07, 6.45) is 7.59. The quantitative estimate of drug-likeness (QED) is 0.319. The van der Waals surface area contributed by atoms with Gasteiger partial charge in [-0.05, 0) is 6.92 Å². The van der Waals surface area contributed by atoms with Gasteiger partial charge in [-0.25, -0.2) is 18.1 Å². The largest absolute Gasteiger partial charge is 1.00 e. The van der Waals surface area contributed by atoms with Gasteiger partial charge in [-0.2, -0.15) is 0 Å². The van der Waals surface area contributed by atoms with Gasteiger partial charge in [-0.1, -0.05) is 6.42 Å². The maximum Gasteiger partial charge on any atom is 1.00 e. The van der Waals surface area contributed by atoms with Gasteiger partial charge in [0.1, 0.15) is 0 Å². The summed E-state index contributed by atoms with van der Waals surface area (Å²) in [6.45, 7) is 4.32.